The zero-order chi connectivity index (χ0) is 20.8. The molecule has 0 amide bonds. The van der Waals surface area contributed by atoms with Crippen LogP contribution in [-0.2, 0) is 23.4 Å². The average molecular weight is 429 g/mol. The molecule has 0 unspecified atom stereocenters. The lowest BCUT2D eigenvalue weighted by atomic mass is 9.99. The molecule has 0 aromatic carbocycles. The highest BCUT2D eigenvalue weighted by molar-refractivity contribution is 6.74. The van der Waals surface area contributed by atoms with Gasteiger partial charge in [0, 0.05) is 0 Å². The maximum atomic E-state index is 10.8. The van der Waals surface area contributed by atoms with E-state index in [1.165, 1.54) is 0 Å². The average Bonchev–Trinajstić information content (AvgIpc) is 3.58. The largest absolute Gasteiger partial charge is 0.411 e. The van der Waals surface area contributed by atoms with E-state index in [0.29, 0.717) is 6.42 Å². The molecule has 4 saturated heterocycles. The van der Waals surface area contributed by atoms with Crippen LogP contribution in [0.4, 0.5) is 0 Å². The second kappa shape index (κ2) is 8.49. The van der Waals surface area contributed by atoms with Crippen molar-refractivity contribution in [1.82, 2.24) is 0 Å². The minimum absolute atomic E-state index is 0.0262. The summed E-state index contributed by atoms with van der Waals surface area (Å²) in [5.41, 5.74) is 0. The molecule has 0 aliphatic carbocycles. The third kappa shape index (κ3) is 5.43. The summed E-state index contributed by atoms with van der Waals surface area (Å²) in [6.07, 6.45) is 6.00. The molecule has 0 radical (unpaired) electrons. The summed E-state index contributed by atoms with van der Waals surface area (Å²) in [7, 11) is -1.93. The molecule has 0 bridgehead atoms. The van der Waals surface area contributed by atoms with E-state index in [4.69, 9.17) is 23.4 Å². The van der Waals surface area contributed by atoms with Gasteiger partial charge in [-0.05, 0) is 56.7 Å². The number of hydrogen-bond donors (Lipinski definition) is 1. The van der Waals surface area contributed by atoms with E-state index in [0.717, 1.165) is 45.3 Å². The molecule has 168 valence electrons. The highest BCUT2D eigenvalue weighted by Crippen LogP contribution is 2.41. The molecule has 7 heteroatoms. The molecule has 4 rings (SSSR count). The zero-order valence-electron chi connectivity index (χ0n) is 18.8. The van der Waals surface area contributed by atoms with Crippen LogP contribution < -0.4 is 0 Å². The van der Waals surface area contributed by atoms with Gasteiger partial charge in [-0.3, -0.25) is 0 Å². The normalized spacial score (nSPS) is 39.5. The minimum Gasteiger partial charge on any atom is -0.411 e. The van der Waals surface area contributed by atoms with Crippen LogP contribution in [0.25, 0.3) is 0 Å². The first kappa shape index (κ1) is 22.2. The van der Waals surface area contributed by atoms with Crippen molar-refractivity contribution in [3.8, 4) is 0 Å². The number of rotatable bonds is 9. The second-order valence-electron chi connectivity index (χ2n) is 10.9. The van der Waals surface area contributed by atoms with Crippen LogP contribution in [0.15, 0.2) is 0 Å². The number of aliphatic hydroxyl groups excluding tert-OH is 1. The van der Waals surface area contributed by atoms with Gasteiger partial charge in [0.05, 0.1) is 49.8 Å². The van der Waals surface area contributed by atoms with Crippen molar-refractivity contribution in [3.05, 3.63) is 0 Å². The Morgan fingerprint density at radius 3 is 1.90 bits per heavy atom. The molecule has 0 aromatic heterocycles. The third-order valence-electron chi connectivity index (χ3n) is 7.56. The quantitative estimate of drug-likeness (QED) is 0.448. The monoisotopic (exact) mass is 428 g/mol. The SMILES string of the molecule is CC(C)(C)[Si](C)(C)O[C@@H](CC[C@H](O)[C@@H]1CC[C@H]([C@@H]2CO2)O1)[C@@H]1CC[C@H]([C@@H]2CO2)O1. The van der Waals surface area contributed by atoms with E-state index in [9.17, 15) is 5.11 Å². The van der Waals surface area contributed by atoms with Crippen LogP contribution >= 0.6 is 0 Å². The van der Waals surface area contributed by atoms with Crippen molar-refractivity contribution >= 4 is 8.32 Å². The first-order chi connectivity index (χ1) is 13.6. The number of aliphatic hydroxyl groups is 1. The van der Waals surface area contributed by atoms with Crippen LogP contribution in [0.1, 0.15) is 59.3 Å². The van der Waals surface area contributed by atoms with Crippen molar-refractivity contribution in [2.24, 2.45) is 0 Å². The Morgan fingerprint density at radius 1 is 0.862 bits per heavy atom. The van der Waals surface area contributed by atoms with Gasteiger partial charge < -0.3 is 28.5 Å². The smallest absolute Gasteiger partial charge is 0.192 e. The Morgan fingerprint density at radius 2 is 1.38 bits per heavy atom. The van der Waals surface area contributed by atoms with Gasteiger partial charge in [0.15, 0.2) is 8.32 Å². The summed E-state index contributed by atoms with van der Waals surface area (Å²) in [6, 6.07) is 0. The number of hydrogen-bond acceptors (Lipinski definition) is 6. The van der Waals surface area contributed by atoms with Crippen LogP contribution in [0.2, 0.25) is 18.1 Å². The van der Waals surface area contributed by atoms with Gasteiger partial charge in [-0.1, -0.05) is 20.8 Å². The lowest BCUT2D eigenvalue weighted by molar-refractivity contribution is -0.0619. The maximum Gasteiger partial charge on any atom is 0.192 e. The Bertz CT molecular complexity index is 556. The summed E-state index contributed by atoms with van der Waals surface area (Å²) in [4.78, 5) is 0. The van der Waals surface area contributed by atoms with Crippen molar-refractivity contribution in [3.63, 3.8) is 0 Å². The van der Waals surface area contributed by atoms with Crippen LogP contribution in [0.5, 0.6) is 0 Å². The van der Waals surface area contributed by atoms with Gasteiger partial charge in [-0.15, -0.1) is 0 Å². The Hall–Kier alpha value is -0.0231. The van der Waals surface area contributed by atoms with Crippen molar-refractivity contribution in [2.45, 2.75) is 126 Å². The van der Waals surface area contributed by atoms with E-state index in [2.05, 4.69) is 33.9 Å². The molecular formula is C22H40O6Si. The summed E-state index contributed by atoms with van der Waals surface area (Å²) in [6.45, 7) is 13.0. The fourth-order valence-electron chi connectivity index (χ4n) is 4.42. The fourth-order valence-corrected chi connectivity index (χ4v) is 5.80. The number of epoxide rings is 2. The third-order valence-corrected chi connectivity index (χ3v) is 12.1. The highest BCUT2D eigenvalue weighted by Gasteiger charge is 2.46. The first-order valence-corrected chi connectivity index (χ1v) is 14.4. The maximum absolute atomic E-state index is 10.8. The van der Waals surface area contributed by atoms with E-state index in [1.807, 2.05) is 0 Å². The molecular weight excluding hydrogens is 388 g/mol. The molecule has 0 saturated carbocycles. The Balaban J connectivity index is 1.34. The topological polar surface area (TPSA) is 73.0 Å². The van der Waals surface area contributed by atoms with Gasteiger partial charge >= 0.3 is 0 Å². The van der Waals surface area contributed by atoms with Crippen molar-refractivity contribution < 1.29 is 28.5 Å². The highest BCUT2D eigenvalue weighted by atomic mass is 28.4. The molecule has 0 aromatic rings. The molecule has 4 aliphatic rings. The van der Waals surface area contributed by atoms with E-state index in [1.54, 1.807) is 0 Å². The van der Waals surface area contributed by atoms with Gasteiger partial charge in [0.2, 0.25) is 0 Å². The van der Waals surface area contributed by atoms with Crippen molar-refractivity contribution in [1.29, 1.82) is 0 Å². The molecule has 8 atom stereocenters. The molecule has 1 N–H and O–H groups in total. The van der Waals surface area contributed by atoms with Crippen LogP contribution in [0, 0.1) is 0 Å². The van der Waals surface area contributed by atoms with Crippen molar-refractivity contribution in [2.75, 3.05) is 13.2 Å². The Kier molecular flexibility index (Phi) is 6.49. The van der Waals surface area contributed by atoms with Gasteiger partial charge in [0.1, 0.15) is 12.2 Å². The zero-order valence-corrected chi connectivity index (χ0v) is 19.8. The lowest BCUT2D eigenvalue weighted by Crippen LogP contribution is -2.47. The molecule has 4 aliphatic heterocycles. The van der Waals surface area contributed by atoms with E-state index >= 15 is 0 Å². The summed E-state index contributed by atoms with van der Waals surface area (Å²) < 4.78 is 30.1. The van der Waals surface area contributed by atoms with E-state index in [-0.39, 0.29) is 47.8 Å². The summed E-state index contributed by atoms with van der Waals surface area (Å²) in [5, 5.41) is 10.9. The molecule has 4 fully saturated rings. The van der Waals surface area contributed by atoms with Crippen LogP contribution in [0.3, 0.4) is 0 Å². The minimum atomic E-state index is -1.93. The second-order valence-corrected chi connectivity index (χ2v) is 15.6. The molecule has 0 spiro atoms. The molecule has 29 heavy (non-hydrogen) atoms. The predicted octanol–water partition coefficient (Wildman–Crippen LogP) is 3.41. The Labute approximate surface area is 176 Å². The summed E-state index contributed by atoms with van der Waals surface area (Å²) >= 11 is 0. The standard InChI is InChI=1S/C22H40O6Si/c1-22(2,3)29(4,5)28-19(16-10-11-18(27-16)21-13-25-21)7-6-14(23)15-8-9-17(26-15)20-12-24-20/h14-21,23H,6-13H2,1-5H3/t14-,15-,16-,17+,18+,19-,20-,21-/m0/s1. The van der Waals surface area contributed by atoms with Gasteiger partial charge in [-0.2, -0.15) is 0 Å². The first-order valence-electron chi connectivity index (χ1n) is 11.5. The fraction of sp³-hybridized carbons (Fsp3) is 1.00. The van der Waals surface area contributed by atoms with Crippen LogP contribution in [-0.4, -0.2) is 75.5 Å². The lowest BCUT2D eigenvalue weighted by Gasteiger charge is -2.41. The predicted molar refractivity (Wildman–Crippen MR) is 113 cm³/mol. The molecule has 6 nitrogen and oxygen atoms in total. The molecule has 4 heterocycles. The summed E-state index contributed by atoms with van der Waals surface area (Å²) in [5.74, 6) is 0. The van der Waals surface area contributed by atoms with E-state index < -0.39 is 14.4 Å². The van der Waals surface area contributed by atoms with Gasteiger partial charge in [0.25, 0.3) is 0 Å². The van der Waals surface area contributed by atoms with Gasteiger partial charge in [-0.25, -0.2) is 0 Å². The number of ether oxygens (including phenoxy) is 4.